The first-order chi connectivity index (χ1) is 11.4. The molecule has 24 heavy (non-hydrogen) atoms. The molecule has 0 aliphatic rings. The lowest BCUT2D eigenvalue weighted by Gasteiger charge is -2.11. The van der Waals surface area contributed by atoms with Crippen molar-refractivity contribution in [2.24, 2.45) is 0 Å². The summed E-state index contributed by atoms with van der Waals surface area (Å²) in [6, 6.07) is 14.4. The van der Waals surface area contributed by atoms with E-state index >= 15 is 0 Å². The van der Waals surface area contributed by atoms with Crippen LogP contribution in [0.5, 0.6) is 0 Å². The Morgan fingerprint density at radius 2 is 1.58 bits per heavy atom. The Kier molecular flexibility index (Phi) is 4.15. The standard InChI is InChI=1S/C18H18N2O3S/c1-12-5-4-6-13(2)18(12)15-7-9-16(10-8-15)24(21,22)20-17-11-14(3)23-19-17/h4-11H,1-3H3,(H,19,20). The van der Waals surface area contributed by atoms with Crippen molar-refractivity contribution in [2.75, 3.05) is 4.72 Å². The number of aromatic nitrogens is 1. The largest absolute Gasteiger partial charge is 0.360 e. The third-order valence-corrected chi connectivity index (χ3v) is 5.17. The summed E-state index contributed by atoms with van der Waals surface area (Å²) < 4.78 is 32.1. The Bertz CT molecular complexity index is 954. The van der Waals surface area contributed by atoms with Crippen LogP contribution in [-0.4, -0.2) is 13.6 Å². The highest BCUT2D eigenvalue weighted by Gasteiger charge is 2.16. The minimum atomic E-state index is -3.69. The topological polar surface area (TPSA) is 72.2 Å². The second kappa shape index (κ2) is 6.13. The lowest BCUT2D eigenvalue weighted by Crippen LogP contribution is -2.13. The third-order valence-electron chi connectivity index (χ3n) is 3.80. The first-order valence-electron chi connectivity index (χ1n) is 7.49. The number of aryl methyl sites for hydroxylation is 3. The first-order valence-corrected chi connectivity index (χ1v) is 8.98. The molecule has 0 aliphatic heterocycles. The molecule has 0 radical (unpaired) electrons. The zero-order valence-electron chi connectivity index (χ0n) is 13.7. The van der Waals surface area contributed by atoms with Gasteiger partial charge >= 0.3 is 0 Å². The number of rotatable bonds is 4. The summed E-state index contributed by atoms with van der Waals surface area (Å²) in [6.07, 6.45) is 0. The Hall–Kier alpha value is -2.60. The van der Waals surface area contributed by atoms with Crippen LogP contribution >= 0.6 is 0 Å². The quantitative estimate of drug-likeness (QED) is 0.776. The van der Waals surface area contributed by atoms with Crippen LogP contribution < -0.4 is 4.72 Å². The minimum absolute atomic E-state index is 0.173. The van der Waals surface area contributed by atoms with Gasteiger partial charge in [-0.3, -0.25) is 4.72 Å². The second-order valence-electron chi connectivity index (χ2n) is 5.72. The van der Waals surface area contributed by atoms with E-state index in [2.05, 4.69) is 9.88 Å². The van der Waals surface area contributed by atoms with Crippen LogP contribution in [0.15, 0.2) is 57.9 Å². The Balaban J connectivity index is 1.91. The summed E-state index contributed by atoms with van der Waals surface area (Å²) in [5.41, 5.74) is 4.42. The van der Waals surface area contributed by atoms with Gasteiger partial charge in [-0.05, 0) is 55.2 Å². The Morgan fingerprint density at radius 3 is 2.12 bits per heavy atom. The van der Waals surface area contributed by atoms with Gasteiger partial charge in [0.2, 0.25) is 0 Å². The van der Waals surface area contributed by atoms with Gasteiger partial charge in [-0.1, -0.05) is 35.5 Å². The first kappa shape index (κ1) is 16.3. The lowest BCUT2D eigenvalue weighted by molar-refractivity contribution is 0.400. The van der Waals surface area contributed by atoms with E-state index in [1.54, 1.807) is 19.1 Å². The molecule has 0 bridgehead atoms. The summed E-state index contributed by atoms with van der Waals surface area (Å²) in [7, 11) is -3.69. The van der Waals surface area contributed by atoms with Crippen molar-refractivity contribution in [3.05, 3.63) is 65.4 Å². The van der Waals surface area contributed by atoms with Crippen molar-refractivity contribution >= 4 is 15.8 Å². The molecule has 0 fully saturated rings. The number of hydrogen-bond donors (Lipinski definition) is 1. The molecule has 1 heterocycles. The molecule has 5 nitrogen and oxygen atoms in total. The van der Waals surface area contributed by atoms with Crippen molar-refractivity contribution in [3.8, 4) is 11.1 Å². The number of anilines is 1. The average molecular weight is 342 g/mol. The van der Waals surface area contributed by atoms with Gasteiger partial charge in [0, 0.05) is 6.07 Å². The molecule has 0 aliphatic carbocycles. The van der Waals surface area contributed by atoms with Gasteiger partial charge in [-0.2, -0.15) is 0 Å². The van der Waals surface area contributed by atoms with Crippen LogP contribution in [0.4, 0.5) is 5.82 Å². The van der Waals surface area contributed by atoms with E-state index in [4.69, 9.17) is 4.52 Å². The second-order valence-corrected chi connectivity index (χ2v) is 7.40. The lowest BCUT2D eigenvalue weighted by atomic mass is 9.96. The summed E-state index contributed by atoms with van der Waals surface area (Å²) >= 11 is 0. The fraction of sp³-hybridized carbons (Fsp3) is 0.167. The van der Waals surface area contributed by atoms with E-state index < -0.39 is 10.0 Å². The Labute approximate surface area is 141 Å². The van der Waals surface area contributed by atoms with Crippen LogP contribution in [0.25, 0.3) is 11.1 Å². The minimum Gasteiger partial charge on any atom is -0.360 e. The number of nitrogens with one attached hydrogen (secondary N) is 1. The summed E-state index contributed by atoms with van der Waals surface area (Å²) in [4.78, 5) is 0.179. The molecule has 2 aromatic carbocycles. The smallest absolute Gasteiger partial charge is 0.263 e. The summed E-state index contributed by atoms with van der Waals surface area (Å²) in [5, 5.41) is 3.65. The molecule has 0 spiro atoms. The van der Waals surface area contributed by atoms with Crippen LogP contribution in [-0.2, 0) is 10.0 Å². The number of sulfonamides is 1. The molecule has 3 rings (SSSR count). The molecule has 1 N–H and O–H groups in total. The molecule has 0 unspecified atom stereocenters. The molecule has 124 valence electrons. The predicted octanol–water partition coefficient (Wildman–Crippen LogP) is 4.07. The van der Waals surface area contributed by atoms with Gasteiger partial charge in [0.25, 0.3) is 10.0 Å². The summed E-state index contributed by atoms with van der Waals surface area (Å²) in [5.74, 6) is 0.712. The van der Waals surface area contributed by atoms with E-state index in [0.717, 1.165) is 22.3 Å². The highest BCUT2D eigenvalue weighted by atomic mass is 32.2. The number of hydrogen-bond acceptors (Lipinski definition) is 4. The van der Waals surface area contributed by atoms with Crippen LogP contribution in [0.3, 0.4) is 0 Å². The Morgan fingerprint density at radius 1 is 0.958 bits per heavy atom. The third kappa shape index (κ3) is 3.19. The number of nitrogens with zero attached hydrogens (tertiary/aromatic N) is 1. The molecule has 6 heteroatoms. The van der Waals surface area contributed by atoms with E-state index in [0.29, 0.717) is 5.76 Å². The van der Waals surface area contributed by atoms with Crippen LogP contribution in [0.2, 0.25) is 0 Å². The van der Waals surface area contributed by atoms with E-state index in [1.807, 2.05) is 44.2 Å². The van der Waals surface area contributed by atoms with E-state index in [1.165, 1.54) is 6.07 Å². The van der Waals surface area contributed by atoms with E-state index in [-0.39, 0.29) is 10.7 Å². The van der Waals surface area contributed by atoms with Gasteiger partial charge in [0.05, 0.1) is 4.90 Å². The molecule has 3 aromatic rings. The van der Waals surface area contributed by atoms with Gasteiger partial charge < -0.3 is 4.52 Å². The molecule has 0 amide bonds. The molecule has 0 saturated carbocycles. The average Bonchev–Trinajstić information content (AvgIpc) is 2.92. The number of benzene rings is 2. The maximum atomic E-state index is 12.4. The zero-order valence-corrected chi connectivity index (χ0v) is 14.5. The predicted molar refractivity (Wildman–Crippen MR) is 93.4 cm³/mol. The maximum absolute atomic E-state index is 12.4. The van der Waals surface area contributed by atoms with Crippen LogP contribution in [0, 0.1) is 20.8 Å². The highest BCUT2D eigenvalue weighted by molar-refractivity contribution is 7.92. The molecular formula is C18H18N2O3S. The highest BCUT2D eigenvalue weighted by Crippen LogP contribution is 2.28. The summed E-state index contributed by atoms with van der Waals surface area (Å²) in [6.45, 7) is 5.78. The molecular weight excluding hydrogens is 324 g/mol. The van der Waals surface area contributed by atoms with Crippen molar-refractivity contribution in [3.63, 3.8) is 0 Å². The SMILES string of the molecule is Cc1cc(NS(=O)(=O)c2ccc(-c3c(C)cccc3C)cc2)no1. The van der Waals surface area contributed by atoms with Crippen LogP contribution in [0.1, 0.15) is 16.9 Å². The maximum Gasteiger partial charge on any atom is 0.263 e. The zero-order chi connectivity index (χ0) is 17.3. The fourth-order valence-corrected chi connectivity index (χ4v) is 3.67. The van der Waals surface area contributed by atoms with Gasteiger partial charge in [-0.15, -0.1) is 0 Å². The molecule has 0 atom stereocenters. The van der Waals surface area contributed by atoms with Gasteiger partial charge in [0.1, 0.15) is 5.76 Å². The van der Waals surface area contributed by atoms with Gasteiger partial charge in [-0.25, -0.2) is 8.42 Å². The normalized spacial score (nSPS) is 11.5. The fourth-order valence-electron chi connectivity index (χ4n) is 2.68. The van der Waals surface area contributed by atoms with Gasteiger partial charge in [0.15, 0.2) is 5.82 Å². The van der Waals surface area contributed by atoms with Crippen molar-refractivity contribution in [1.82, 2.24) is 5.16 Å². The van der Waals surface area contributed by atoms with Crippen molar-refractivity contribution < 1.29 is 12.9 Å². The van der Waals surface area contributed by atoms with Crippen molar-refractivity contribution in [1.29, 1.82) is 0 Å². The van der Waals surface area contributed by atoms with E-state index in [9.17, 15) is 8.42 Å². The van der Waals surface area contributed by atoms with Crippen molar-refractivity contribution in [2.45, 2.75) is 25.7 Å². The molecule has 1 aromatic heterocycles. The molecule has 0 saturated heterocycles. The monoisotopic (exact) mass is 342 g/mol.